The third-order valence-corrected chi connectivity index (χ3v) is 5.94. The van der Waals surface area contributed by atoms with E-state index in [1.54, 1.807) is 6.07 Å². The van der Waals surface area contributed by atoms with Crippen LogP contribution in [0.5, 0.6) is 0 Å². The Kier molecular flexibility index (Phi) is 9.24. The van der Waals surface area contributed by atoms with Crippen molar-refractivity contribution in [3.05, 3.63) is 21.9 Å². The molecule has 2 atom stereocenters. The van der Waals surface area contributed by atoms with Gasteiger partial charge in [-0.15, -0.1) is 11.3 Å². The van der Waals surface area contributed by atoms with Gasteiger partial charge >= 0.3 is 5.97 Å². The van der Waals surface area contributed by atoms with E-state index in [1.807, 2.05) is 11.0 Å². The van der Waals surface area contributed by atoms with E-state index in [0.717, 1.165) is 37.0 Å². The average molecular weight is 398 g/mol. The number of carbonyl (C=O) groups excluding carboxylic acids is 2. The minimum absolute atomic E-state index is 0.0698. The maximum absolute atomic E-state index is 12.1. The quantitative estimate of drug-likeness (QED) is 0.432. The Balaban J connectivity index is 1.73. The molecule has 1 aliphatic heterocycles. The smallest absolute Gasteiger partial charge is 0.348 e. The highest BCUT2D eigenvalue weighted by molar-refractivity contribution is 7.13. The Morgan fingerprint density at radius 2 is 2.19 bits per heavy atom. The van der Waals surface area contributed by atoms with Gasteiger partial charge in [0.15, 0.2) is 0 Å². The second kappa shape index (κ2) is 11.4. The zero-order chi connectivity index (χ0) is 19.6. The Morgan fingerprint density at radius 1 is 1.37 bits per heavy atom. The Hall–Kier alpha value is -1.44. The Morgan fingerprint density at radius 3 is 2.93 bits per heavy atom. The van der Waals surface area contributed by atoms with Crippen molar-refractivity contribution in [2.24, 2.45) is 0 Å². The second-order valence-electron chi connectivity index (χ2n) is 6.99. The van der Waals surface area contributed by atoms with Gasteiger partial charge in [-0.05, 0) is 31.4 Å². The predicted octanol–water partition coefficient (Wildman–Crippen LogP) is 3.37. The molecule has 0 saturated carbocycles. The number of thiophene rings is 1. The highest BCUT2D eigenvalue weighted by Crippen LogP contribution is 2.22. The Labute approximate surface area is 165 Å². The largest absolute Gasteiger partial charge is 0.465 e. The first kappa shape index (κ1) is 21.9. The summed E-state index contributed by atoms with van der Waals surface area (Å²) in [5.74, 6) is -0.190. The van der Waals surface area contributed by atoms with Gasteiger partial charge in [-0.3, -0.25) is 4.79 Å². The molecule has 1 aliphatic rings. The van der Waals surface area contributed by atoms with Crippen LogP contribution in [0.15, 0.2) is 12.1 Å². The van der Waals surface area contributed by atoms with Crippen molar-refractivity contribution < 1.29 is 24.2 Å². The lowest BCUT2D eigenvalue weighted by molar-refractivity contribution is -0.130. The average Bonchev–Trinajstić information content (AvgIpc) is 3.27. The summed E-state index contributed by atoms with van der Waals surface area (Å²) in [6, 6.07) is 3.67. The van der Waals surface area contributed by atoms with Gasteiger partial charge in [-0.1, -0.05) is 26.2 Å². The fourth-order valence-corrected chi connectivity index (χ4v) is 4.16. The summed E-state index contributed by atoms with van der Waals surface area (Å²) in [5.41, 5.74) is 0. The standard InChI is InChI=1S/C20H31NO5S/c1-3-4-5-6-16(22)11-12-21-15(7-10-19(21)23)13-26-14-17-8-9-18(27-17)20(24)25-2/h8-9,15-16,22H,3-7,10-14H2,1-2H3/t15?,16-/m0/s1. The van der Waals surface area contributed by atoms with Crippen molar-refractivity contribution >= 4 is 23.2 Å². The first-order chi connectivity index (χ1) is 13.0. The topological polar surface area (TPSA) is 76.1 Å². The van der Waals surface area contributed by atoms with Crippen molar-refractivity contribution in [2.75, 3.05) is 20.3 Å². The van der Waals surface area contributed by atoms with E-state index < -0.39 is 0 Å². The SMILES string of the molecule is CCCCC[C@H](O)CCN1C(=O)CCC1COCc1ccc(C(=O)OC)s1. The van der Waals surface area contributed by atoms with Crippen LogP contribution in [-0.4, -0.2) is 54.3 Å². The Bertz CT molecular complexity index is 603. The number of hydrogen-bond donors (Lipinski definition) is 1. The number of rotatable bonds is 12. The number of aliphatic hydroxyl groups is 1. The first-order valence-electron chi connectivity index (χ1n) is 9.77. The molecule has 0 bridgehead atoms. The predicted molar refractivity (Wildman–Crippen MR) is 105 cm³/mol. The number of nitrogens with zero attached hydrogens (tertiary/aromatic N) is 1. The van der Waals surface area contributed by atoms with Crippen molar-refractivity contribution in [1.29, 1.82) is 0 Å². The molecule has 6 nitrogen and oxygen atoms in total. The number of unbranched alkanes of at least 4 members (excludes halogenated alkanes) is 2. The fraction of sp³-hybridized carbons (Fsp3) is 0.700. The molecule has 27 heavy (non-hydrogen) atoms. The molecule has 0 aromatic carbocycles. The van der Waals surface area contributed by atoms with E-state index in [2.05, 4.69) is 6.92 Å². The molecule has 152 valence electrons. The van der Waals surface area contributed by atoms with Crippen LogP contribution in [0.4, 0.5) is 0 Å². The summed E-state index contributed by atoms with van der Waals surface area (Å²) in [7, 11) is 1.37. The summed E-state index contributed by atoms with van der Waals surface area (Å²) in [4.78, 5) is 27.0. The summed E-state index contributed by atoms with van der Waals surface area (Å²) >= 11 is 1.36. The minimum atomic E-state index is -0.339. The maximum atomic E-state index is 12.1. The number of aliphatic hydroxyl groups excluding tert-OH is 1. The molecule has 2 heterocycles. The van der Waals surface area contributed by atoms with Crippen LogP contribution in [0, 0.1) is 0 Å². The lowest BCUT2D eigenvalue weighted by atomic mass is 10.1. The number of ether oxygens (including phenoxy) is 2. The van der Waals surface area contributed by atoms with Gasteiger partial charge in [0.25, 0.3) is 0 Å². The molecule has 2 rings (SSSR count). The van der Waals surface area contributed by atoms with Crippen LogP contribution in [-0.2, 0) is 20.9 Å². The molecule has 0 radical (unpaired) electrons. The maximum Gasteiger partial charge on any atom is 0.348 e. The number of esters is 1. The highest BCUT2D eigenvalue weighted by Gasteiger charge is 2.31. The summed E-state index contributed by atoms with van der Waals surface area (Å²) < 4.78 is 10.5. The number of amides is 1. The van der Waals surface area contributed by atoms with E-state index in [-0.39, 0.29) is 24.0 Å². The zero-order valence-corrected chi connectivity index (χ0v) is 17.1. The number of methoxy groups -OCH3 is 1. The minimum Gasteiger partial charge on any atom is -0.465 e. The van der Waals surface area contributed by atoms with Gasteiger partial charge in [0.05, 0.1) is 32.5 Å². The van der Waals surface area contributed by atoms with Gasteiger partial charge in [0.2, 0.25) is 5.91 Å². The molecule has 0 spiro atoms. The van der Waals surface area contributed by atoms with E-state index in [4.69, 9.17) is 9.47 Å². The third kappa shape index (κ3) is 6.90. The van der Waals surface area contributed by atoms with Gasteiger partial charge < -0.3 is 19.5 Å². The molecule has 1 unspecified atom stereocenters. The second-order valence-corrected chi connectivity index (χ2v) is 8.16. The summed E-state index contributed by atoms with van der Waals surface area (Å²) in [6.07, 6.45) is 5.74. The van der Waals surface area contributed by atoms with Crippen molar-refractivity contribution in [3.8, 4) is 0 Å². The van der Waals surface area contributed by atoms with Gasteiger partial charge in [0.1, 0.15) is 4.88 Å². The molecule has 1 N–H and O–H groups in total. The third-order valence-electron chi connectivity index (χ3n) is 4.90. The molecule has 1 fully saturated rings. The van der Waals surface area contributed by atoms with Crippen molar-refractivity contribution in [3.63, 3.8) is 0 Å². The van der Waals surface area contributed by atoms with Gasteiger partial charge in [-0.2, -0.15) is 0 Å². The van der Waals surface area contributed by atoms with E-state index in [0.29, 0.717) is 37.5 Å². The van der Waals surface area contributed by atoms with Crippen molar-refractivity contribution in [2.45, 2.75) is 70.6 Å². The van der Waals surface area contributed by atoms with E-state index >= 15 is 0 Å². The van der Waals surface area contributed by atoms with Crippen LogP contribution in [0.1, 0.15) is 66.4 Å². The highest BCUT2D eigenvalue weighted by atomic mass is 32.1. The molecule has 1 aromatic heterocycles. The van der Waals surface area contributed by atoms with Crippen LogP contribution in [0.3, 0.4) is 0 Å². The van der Waals surface area contributed by atoms with Crippen LogP contribution < -0.4 is 0 Å². The molecule has 7 heteroatoms. The zero-order valence-electron chi connectivity index (χ0n) is 16.3. The normalized spacial score (nSPS) is 18.1. The number of likely N-dealkylation sites (tertiary alicyclic amines) is 1. The molecule has 1 saturated heterocycles. The lowest BCUT2D eigenvalue weighted by Crippen LogP contribution is -2.38. The molecule has 1 aromatic rings. The van der Waals surface area contributed by atoms with Crippen LogP contribution in [0.25, 0.3) is 0 Å². The van der Waals surface area contributed by atoms with Crippen molar-refractivity contribution in [1.82, 2.24) is 4.90 Å². The van der Waals surface area contributed by atoms with Crippen LogP contribution in [0.2, 0.25) is 0 Å². The lowest BCUT2D eigenvalue weighted by Gasteiger charge is -2.25. The molecular weight excluding hydrogens is 366 g/mol. The summed E-state index contributed by atoms with van der Waals surface area (Å²) in [6.45, 7) is 3.63. The van der Waals surface area contributed by atoms with Gasteiger partial charge in [0, 0.05) is 17.8 Å². The molecule has 0 aliphatic carbocycles. The number of carbonyl (C=O) groups is 2. The first-order valence-corrected chi connectivity index (χ1v) is 10.6. The molecule has 1 amide bonds. The van der Waals surface area contributed by atoms with Gasteiger partial charge in [-0.25, -0.2) is 4.79 Å². The van der Waals surface area contributed by atoms with E-state index in [9.17, 15) is 14.7 Å². The molecular formula is C20H31NO5S. The fourth-order valence-electron chi connectivity index (χ4n) is 3.30. The van der Waals surface area contributed by atoms with E-state index in [1.165, 1.54) is 18.4 Å². The van der Waals surface area contributed by atoms with Crippen LogP contribution >= 0.6 is 11.3 Å². The monoisotopic (exact) mass is 397 g/mol. The summed E-state index contributed by atoms with van der Waals surface area (Å²) in [5, 5.41) is 10.1. The number of hydrogen-bond acceptors (Lipinski definition) is 6.